The van der Waals surface area contributed by atoms with E-state index in [1.165, 1.54) is 49.3 Å². The Hall–Kier alpha value is -4.47. The summed E-state index contributed by atoms with van der Waals surface area (Å²) in [4.78, 5) is 47.5. The van der Waals surface area contributed by atoms with Gasteiger partial charge in [0.1, 0.15) is 6.04 Å². The van der Waals surface area contributed by atoms with E-state index in [1.54, 1.807) is 24.3 Å². The summed E-state index contributed by atoms with van der Waals surface area (Å²) in [6, 6.07) is 10.6. The first kappa shape index (κ1) is 23.2. The summed E-state index contributed by atoms with van der Waals surface area (Å²) in [6.45, 7) is 0. The molecule has 1 atom stereocenters. The number of aryl methyl sites for hydroxylation is 1. The van der Waals surface area contributed by atoms with Gasteiger partial charge in [-0.15, -0.1) is 0 Å². The second-order valence-corrected chi connectivity index (χ2v) is 7.16. The van der Waals surface area contributed by atoms with Gasteiger partial charge in [0.05, 0.1) is 24.4 Å². The molecule has 0 radical (unpaired) electrons. The predicted molar refractivity (Wildman–Crippen MR) is 117 cm³/mol. The summed E-state index contributed by atoms with van der Waals surface area (Å²) in [6.07, 6.45) is 1.43. The van der Waals surface area contributed by atoms with Gasteiger partial charge in [-0.2, -0.15) is 5.10 Å². The van der Waals surface area contributed by atoms with Crippen molar-refractivity contribution in [1.82, 2.24) is 15.1 Å². The van der Waals surface area contributed by atoms with Crippen molar-refractivity contribution in [3.63, 3.8) is 0 Å². The molecule has 0 unspecified atom stereocenters. The molecule has 10 nitrogen and oxygen atoms in total. The molecule has 1 heterocycles. The Morgan fingerprint density at radius 3 is 2.18 bits per heavy atom. The lowest BCUT2D eigenvalue weighted by atomic mass is 10.0. The molecule has 3 rings (SSSR count). The molecule has 3 N–H and O–H groups in total. The number of carbonyl (C=O) groups is 3. The maximum Gasteiger partial charge on any atom is 0.335 e. The minimum Gasteiger partial charge on any atom is -0.494 e. The van der Waals surface area contributed by atoms with Crippen LogP contribution in [0.15, 0.2) is 59.5 Å². The molecule has 0 fully saturated rings. The third-order valence-corrected chi connectivity index (χ3v) is 5.00. The van der Waals surface area contributed by atoms with E-state index in [9.17, 15) is 24.3 Å². The lowest BCUT2D eigenvalue weighted by molar-refractivity contribution is -0.139. The van der Waals surface area contributed by atoms with E-state index in [2.05, 4.69) is 10.4 Å². The molecule has 0 saturated carbocycles. The van der Waals surface area contributed by atoms with Gasteiger partial charge in [-0.1, -0.05) is 24.3 Å². The van der Waals surface area contributed by atoms with E-state index in [4.69, 9.17) is 9.84 Å². The lowest BCUT2D eigenvalue weighted by Crippen LogP contribution is -2.42. The second kappa shape index (κ2) is 9.77. The Kier molecular flexibility index (Phi) is 6.87. The van der Waals surface area contributed by atoms with Gasteiger partial charge in [0, 0.05) is 19.0 Å². The lowest BCUT2D eigenvalue weighted by Gasteiger charge is -2.15. The number of aromatic carboxylic acids is 1. The molecule has 1 aromatic heterocycles. The molecular formula is C23H21N3O7. The Bertz CT molecular complexity index is 1250. The number of hydrogen-bond donors (Lipinski definition) is 3. The van der Waals surface area contributed by atoms with E-state index in [0.29, 0.717) is 22.4 Å². The SMILES string of the molecule is COc1cnn(C)c(=O)c1-c1ccc(C[C@H](NC(=O)c2ccc(C(=O)O)cc2)C(=O)O)cc1. The molecule has 0 saturated heterocycles. The van der Waals surface area contributed by atoms with Crippen molar-refractivity contribution < 1.29 is 29.3 Å². The largest absolute Gasteiger partial charge is 0.494 e. The average molecular weight is 451 g/mol. The van der Waals surface area contributed by atoms with Crippen molar-refractivity contribution >= 4 is 17.8 Å². The highest BCUT2D eigenvalue weighted by molar-refractivity contribution is 5.97. The quantitative estimate of drug-likeness (QED) is 0.468. The normalized spacial score (nSPS) is 11.5. The molecule has 10 heteroatoms. The molecule has 1 amide bonds. The zero-order valence-corrected chi connectivity index (χ0v) is 17.8. The van der Waals surface area contributed by atoms with Crippen molar-refractivity contribution in [3.8, 4) is 16.9 Å². The van der Waals surface area contributed by atoms with E-state index >= 15 is 0 Å². The first-order valence-electron chi connectivity index (χ1n) is 9.78. The molecule has 0 spiro atoms. The number of aromatic nitrogens is 2. The number of methoxy groups -OCH3 is 1. The molecule has 33 heavy (non-hydrogen) atoms. The summed E-state index contributed by atoms with van der Waals surface area (Å²) in [7, 11) is 2.96. The van der Waals surface area contributed by atoms with Gasteiger partial charge in [-0.3, -0.25) is 9.59 Å². The Labute approximate surface area is 188 Å². The van der Waals surface area contributed by atoms with Crippen LogP contribution in [0.5, 0.6) is 5.75 Å². The van der Waals surface area contributed by atoms with Crippen LogP contribution in [0.1, 0.15) is 26.3 Å². The van der Waals surface area contributed by atoms with Crippen LogP contribution in [-0.2, 0) is 18.3 Å². The van der Waals surface area contributed by atoms with Crippen LogP contribution in [0.2, 0.25) is 0 Å². The molecule has 170 valence electrons. The van der Waals surface area contributed by atoms with Crippen molar-refractivity contribution in [3.05, 3.63) is 81.8 Å². The van der Waals surface area contributed by atoms with Gasteiger partial charge >= 0.3 is 11.9 Å². The summed E-state index contributed by atoms with van der Waals surface area (Å²) in [5.41, 5.74) is 1.34. The topological polar surface area (TPSA) is 148 Å². The van der Waals surface area contributed by atoms with Crippen molar-refractivity contribution in [2.24, 2.45) is 7.05 Å². The highest BCUT2D eigenvalue weighted by Crippen LogP contribution is 2.25. The van der Waals surface area contributed by atoms with Crippen LogP contribution in [0.3, 0.4) is 0 Å². The fourth-order valence-electron chi connectivity index (χ4n) is 3.19. The molecule has 0 bridgehead atoms. The second-order valence-electron chi connectivity index (χ2n) is 7.16. The van der Waals surface area contributed by atoms with E-state index in [0.717, 1.165) is 0 Å². The van der Waals surface area contributed by atoms with Gasteiger partial charge in [-0.25, -0.2) is 14.3 Å². The highest BCUT2D eigenvalue weighted by atomic mass is 16.5. The van der Waals surface area contributed by atoms with E-state index in [-0.39, 0.29) is 23.1 Å². The molecule has 0 aliphatic rings. The standard InChI is InChI=1S/C23H21N3O7/c1-26-21(28)19(18(33-2)12-24-26)14-5-3-13(4-6-14)11-17(23(31)32)25-20(27)15-7-9-16(10-8-15)22(29)30/h3-10,12,17H,11H2,1-2H3,(H,25,27)(H,29,30)(H,31,32)/t17-/m0/s1. The van der Waals surface area contributed by atoms with E-state index < -0.39 is 23.9 Å². The smallest absolute Gasteiger partial charge is 0.335 e. The Balaban J connectivity index is 1.78. The van der Waals surface area contributed by atoms with Gasteiger partial charge in [0.15, 0.2) is 5.75 Å². The number of benzene rings is 2. The number of nitrogens with one attached hydrogen (secondary N) is 1. The first-order chi connectivity index (χ1) is 15.7. The van der Waals surface area contributed by atoms with Crippen molar-refractivity contribution in [2.75, 3.05) is 7.11 Å². The summed E-state index contributed by atoms with van der Waals surface area (Å²) in [5, 5.41) is 24.9. The number of rotatable bonds is 8. The Morgan fingerprint density at radius 2 is 1.64 bits per heavy atom. The van der Waals surface area contributed by atoms with Crippen LogP contribution >= 0.6 is 0 Å². The predicted octanol–water partition coefficient (Wildman–Crippen LogP) is 1.58. The van der Waals surface area contributed by atoms with Gasteiger partial charge < -0.3 is 20.3 Å². The van der Waals surface area contributed by atoms with Crippen LogP contribution in [-0.4, -0.2) is 51.0 Å². The molecule has 0 aliphatic carbocycles. The number of carboxylic acids is 2. The van der Waals surface area contributed by atoms with Gasteiger partial charge in [0.2, 0.25) is 0 Å². The summed E-state index contributed by atoms with van der Waals surface area (Å²) >= 11 is 0. The van der Waals surface area contributed by atoms with E-state index in [1.807, 2.05) is 0 Å². The fourth-order valence-corrected chi connectivity index (χ4v) is 3.19. The molecule has 3 aromatic rings. The number of aliphatic carboxylic acids is 1. The third kappa shape index (κ3) is 5.24. The van der Waals surface area contributed by atoms with Crippen LogP contribution < -0.4 is 15.6 Å². The number of carbonyl (C=O) groups excluding carboxylic acids is 1. The number of nitrogens with zero attached hydrogens (tertiary/aromatic N) is 2. The van der Waals surface area contributed by atoms with Crippen LogP contribution in [0.4, 0.5) is 0 Å². The third-order valence-electron chi connectivity index (χ3n) is 5.00. The highest BCUT2D eigenvalue weighted by Gasteiger charge is 2.22. The zero-order valence-electron chi connectivity index (χ0n) is 17.8. The number of hydrogen-bond acceptors (Lipinski definition) is 6. The van der Waals surface area contributed by atoms with Gasteiger partial charge in [-0.05, 0) is 35.4 Å². The maximum absolute atomic E-state index is 12.5. The average Bonchev–Trinajstić information content (AvgIpc) is 2.80. The van der Waals surface area contributed by atoms with Crippen molar-refractivity contribution in [1.29, 1.82) is 0 Å². The summed E-state index contributed by atoms with van der Waals surface area (Å²) < 4.78 is 6.42. The van der Waals surface area contributed by atoms with Gasteiger partial charge in [0.25, 0.3) is 11.5 Å². The molecule has 0 aliphatic heterocycles. The van der Waals surface area contributed by atoms with Crippen LogP contribution in [0, 0.1) is 0 Å². The zero-order chi connectivity index (χ0) is 24.1. The molecular weight excluding hydrogens is 430 g/mol. The summed E-state index contributed by atoms with van der Waals surface area (Å²) in [5.74, 6) is -2.67. The number of carboxylic acid groups (broad SMARTS) is 2. The van der Waals surface area contributed by atoms with Crippen molar-refractivity contribution in [2.45, 2.75) is 12.5 Å². The minimum absolute atomic E-state index is 0.0000525. The number of amides is 1. The fraction of sp³-hybridized carbons (Fsp3) is 0.174. The monoisotopic (exact) mass is 451 g/mol. The number of ether oxygens (including phenoxy) is 1. The minimum atomic E-state index is -1.22. The van der Waals surface area contributed by atoms with Crippen LogP contribution in [0.25, 0.3) is 11.1 Å². The first-order valence-corrected chi connectivity index (χ1v) is 9.78. The molecule has 2 aromatic carbocycles. The maximum atomic E-state index is 12.5. The Morgan fingerprint density at radius 1 is 1.03 bits per heavy atom.